The van der Waals surface area contributed by atoms with Crippen LogP contribution in [0.3, 0.4) is 0 Å². The lowest BCUT2D eigenvalue weighted by molar-refractivity contribution is 0.321. The fraction of sp³-hybridized carbons (Fsp3) is 0.538. The van der Waals surface area contributed by atoms with E-state index in [0.29, 0.717) is 0 Å². The first-order valence-corrected chi connectivity index (χ1v) is 5.74. The summed E-state index contributed by atoms with van der Waals surface area (Å²) in [4.78, 5) is 2.32. The quantitative estimate of drug-likeness (QED) is 0.767. The highest BCUT2D eigenvalue weighted by molar-refractivity contribution is 5.59. The number of aryl methyl sites for hydroxylation is 1. The van der Waals surface area contributed by atoms with Gasteiger partial charge in [0.2, 0.25) is 0 Å². The molecule has 82 valence electrons. The smallest absolute Gasteiger partial charge is 0.0384 e. The predicted octanol–water partition coefficient (Wildman–Crippen LogP) is 2.81. The van der Waals surface area contributed by atoms with E-state index in [9.17, 15) is 0 Å². The van der Waals surface area contributed by atoms with Gasteiger partial charge in [-0.3, -0.25) is 0 Å². The first-order chi connectivity index (χ1) is 7.16. The lowest BCUT2D eigenvalue weighted by atomic mass is 9.85. The summed E-state index contributed by atoms with van der Waals surface area (Å²) >= 11 is 0. The number of hydrogen-bond acceptors (Lipinski definition) is 2. The molecule has 1 aromatic carbocycles. The molecule has 0 atom stereocenters. The topological polar surface area (TPSA) is 29.3 Å². The van der Waals surface area contributed by atoms with Gasteiger partial charge < -0.3 is 10.6 Å². The number of benzene rings is 1. The SMILES string of the molecule is Cc1ccc(N(C)CC2CCC2)cc1N. The van der Waals surface area contributed by atoms with E-state index < -0.39 is 0 Å². The van der Waals surface area contributed by atoms with Crippen molar-refractivity contribution < 1.29 is 0 Å². The lowest BCUT2D eigenvalue weighted by Gasteiger charge is -2.31. The molecule has 1 fully saturated rings. The molecule has 0 unspecified atom stereocenters. The largest absolute Gasteiger partial charge is 0.398 e. The molecule has 0 radical (unpaired) electrons. The maximum absolute atomic E-state index is 5.91. The Morgan fingerprint density at radius 2 is 2.13 bits per heavy atom. The Labute approximate surface area is 92.1 Å². The minimum atomic E-state index is 0.896. The first kappa shape index (κ1) is 10.3. The van der Waals surface area contributed by atoms with Crippen LogP contribution in [-0.2, 0) is 0 Å². The second kappa shape index (κ2) is 4.13. The van der Waals surface area contributed by atoms with Gasteiger partial charge in [0.1, 0.15) is 0 Å². The second-order valence-corrected chi connectivity index (χ2v) is 4.72. The third-order valence-electron chi connectivity index (χ3n) is 3.46. The molecule has 2 rings (SSSR count). The van der Waals surface area contributed by atoms with Crippen molar-refractivity contribution in [3.05, 3.63) is 23.8 Å². The molecular formula is C13H20N2. The van der Waals surface area contributed by atoms with Crippen molar-refractivity contribution in [3.8, 4) is 0 Å². The van der Waals surface area contributed by atoms with Gasteiger partial charge in [0.15, 0.2) is 0 Å². The Kier molecular flexibility index (Phi) is 2.85. The average molecular weight is 204 g/mol. The van der Waals surface area contributed by atoms with E-state index in [1.54, 1.807) is 0 Å². The van der Waals surface area contributed by atoms with Gasteiger partial charge in [0.05, 0.1) is 0 Å². The summed E-state index contributed by atoms with van der Waals surface area (Å²) in [5.41, 5.74) is 9.21. The fourth-order valence-corrected chi connectivity index (χ4v) is 2.03. The standard InChI is InChI=1S/C13H20N2/c1-10-6-7-12(8-13(10)14)15(2)9-11-4-3-5-11/h6-8,11H,3-5,9,14H2,1-2H3. The highest BCUT2D eigenvalue weighted by atomic mass is 15.1. The summed E-state index contributed by atoms with van der Waals surface area (Å²) < 4.78 is 0. The highest BCUT2D eigenvalue weighted by Gasteiger charge is 2.19. The molecule has 2 nitrogen and oxygen atoms in total. The zero-order chi connectivity index (χ0) is 10.8. The summed E-state index contributed by atoms with van der Waals surface area (Å²) in [6.45, 7) is 3.22. The van der Waals surface area contributed by atoms with Gasteiger partial charge in [-0.15, -0.1) is 0 Å². The normalized spacial score (nSPS) is 16.1. The van der Waals surface area contributed by atoms with E-state index in [-0.39, 0.29) is 0 Å². The first-order valence-electron chi connectivity index (χ1n) is 5.74. The number of anilines is 2. The van der Waals surface area contributed by atoms with Crippen LogP contribution in [0.2, 0.25) is 0 Å². The van der Waals surface area contributed by atoms with Crippen molar-refractivity contribution in [2.24, 2.45) is 5.92 Å². The van der Waals surface area contributed by atoms with Crippen LogP contribution >= 0.6 is 0 Å². The highest BCUT2D eigenvalue weighted by Crippen LogP contribution is 2.29. The molecule has 0 amide bonds. The number of nitrogen functional groups attached to an aromatic ring is 1. The van der Waals surface area contributed by atoms with Crippen molar-refractivity contribution in [1.29, 1.82) is 0 Å². The summed E-state index contributed by atoms with van der Waals surface area (Å²) in [5, 5.41) is 0. The summed E-state index contributed by atoms with van der Waals surface area (Å²) in [6.07, 6.45) is 4.20. The number of nitrogens with zero attached hydrogens (tertiary/aromatic N) is 1. The van der Waals surface area contributed by atoms with E-state index in [4.69, 9.17) is 5.73 Å². The van der Waals surface area contributed by atoms with Crippen molar-refractivity contribution in [2.45, 2.75) is 26.2 Å². The number of nitrogens with two attached hydrogens (primary N) is 1. The van der Waals surface area contributed by atoms with Crippen molar-refractivity contribution in [2.75, 3.05) is 24.2 Å². The Hall–Kier alpha value is -1.18. The monoisotopic (exact) mass is 204 g/mol. The van der Waals surface area contributed by atoms with Crippen molar-refractivity contribution in [1.82, 2.24) is 0 Å². The van der Waals surface area contributed by atoms with Crippen LogP contribution in [0.5, 0.6) is 0 Å². The van der Waals surface area contributed by atoms with Gasteiger partial charge in [-0.25, -0.2) is 0 Å². The van der Waals surface area contributed by atoms with Crippen LogP contribution in [0.25, 0.3) is 0 Å². The number of rotatable bonds is 3. The van der Waals surface area contributed by atoms with E-state index in [0.717, 1.165) is 17.2 Å². The van der Waals surface area contributed by atoms with Crippen LogP contribution in [0.1, 0.15) is 24.8 Å². The molecule has 0 bridgehead atoms. The van der Waals surface area contributed by atoms with E-state index in [1.807, 2.05) is 6.92 Å². The zero-order valence-corrected chi connectivity index (χ0v) is 9.66. The van der Waals surface area contributed by atoms with Crippen LogP contribution < -0.4 is 10.6 Å². The van der Waals surface area contributed by atoms with Crippen LogP contribution in [0, 0.1) is 12.8 Å². The predicted molar refractivity (Wildman–Crippen MR) is 66.2 cm³/mol. The molecule has 1 saturated carbocycles. The molecule has 1 aliphatic rings. The van der Waals surface area contributed by atoms with Gasteiger partial charge in [-0.1, -0.05) is 12.5 Å². The van der Waals surface area contributed by atoms with Crippen molar-refractivity contribution >= 4 is 11.4 Å². The molecule has 1 aliphatic carbocycles. The molecule has 0 spiro atoms. The Morgan fingerprint density at radius 1 is 1.40 bits per heavy atom. The maximum atomic E-state index is 5.91. The van der Waals surface area contributed by atoms with Crippen LogP contribution in [-0.4, -0.2) is 13.6 Å². The molecular weight excluding hydrogens is 184 g/mol. The molecule has 1 aromatic rings. The summed E-state index contributed by atoms with van der Waals surface area (Å²) in [7, 11) is 2.16. The molecule has 0 aliphatic heterocycles. The van der Waals surface area contributed by atoms with Crippen LogP contribution in [0.4, 0.5) is 11.4 Å². The Morgan fingerprint density at radius 3 is 2.67 bits per heavy atom. The molecule has 2 heteroatoms. The minimum Gasteiger partial charge on any atom is -0.398 e. The number of hydrogen-bond donors (Lipinski definition) is 1. The summed E-state index contributed by atoms with van der Waals surface area (Å²) in [6, 6.07) is 6.33. The molecule has 0 saturated heterocycles. The van der Waals surface area contributed by atoms with Crippen LogP contribution in [0.15, 0.2) is 18.2 Å². The van der Waals surface area contributed by atoms with Gasteiger partial charge in [0.25, 0.3) is 0 Å². The minimum absolute atomic E-state index is 0.896. The maximum Gasteiger partial charge on any atom is 0.0384 e. The van der Waals surface area contributed by atoms with Crippen molar-refractivity contribution in [3.63, 3.8) is 0 Å². The van der Waals surface area contributed by atoms with Gasteiger partial charge in [0, 0.05) is 25.0 Å². The van der Waals surface area contributed by atoms with Gasteiger partial charge in [-0.2, -0.15) is 0 Å². The second-order valence-electron chi connectivity index (χ2n) is 4.72. The Balaban J connectivity index is 2.03. The average Bonchev–Trinajstić information content (AvgIpc) is 2.15. The van der Waals surface area contributed by atoms with Gasteiger partial charge >= 0.3 is 0 Å². The summed E-state index contributed by atoms with van der Waals surface area (Å²) in [5.74, 6) is 0.900. The fourth-order valence-electron chi connectivity index (χ4n) is 2.03. The Bertz CT molecular complexity index is 342. The molecule has 0 aromatic heterocycles. The van der Waals surface area contributed by atoms with E-state index in [1.165, 1.54) is 31.5 Å². The lowest BCUT2D eigenvalue weighted by Crippen LogP contribution is -2.29. The third-order valence-corrected chi connectivity index (χ3v) is 3.46. The van der Waals surface area contributed by atoms with Gasteiger partial charge in [-0.05, 0) is 43.4 Å². The van der Waals surface area contributed by atoms with E-state index in [2.05, 4.69) is 30.1 Å². The zero-order valence-electron chi connectivity index (χ0n) is 9.66. The molecule has 15 heavy (non-hydrogen) atoms. The third kappa shape index (κ3) is 2.25. The van der Waals surface area contributed by atoms with E-state index >= 15 is 0 Å². The molecule has 0 heterocycles. The molecule has 2 N–H and O–H groups in total.